The molecule has 2 heteroatoms. The molecule has 2 nitrogen and oxygen atoms in total. The molecule has 0 aliphatic carbocycles. The summed E-state index contributed by atoms with van der Waals surface area (Å²) in [6.45, 7) is 6.83. The molecule has 0 spiro atoms. The number of hydrogen-bond acceptors (Lipinski definition) is 2. The Hall–Kier alpha value is -0.0800. The minimum Gasteiger partial charge on any atom is -0.309 e. The quantitative estimate of drug-likeness (QED) is 0.504. The topological polar surface area (TPSA) is 15.3 Å². The molecule has 1 heterocycles. The van der Waals surface area contributed by atoms with Gasteiger partial charge in [-0.15, -0.1) is 0 Å². The van der Waals surface area contributed by atoms with Crippen molar-refractivity contribution in [2.24, 2.45) is 0 Å². The Morgan fingerprint density at radius 1 is 1.22 bits per heavy atom. The summed E-state index contributed by atoms with van der Waals surface area (Å²) >= 11 is 0. The monoisotopic (exact) mass is 128 g/mol. The van der Waals surface area contributed by atoms with Gasteiger partial charge in [-0.2, -0.15) is 0 Å². The van der Waals surface area contributed by atoms with Gasteiger partial charge in [0, 0.05) is 25.2 Å². The van der Waals surface area contributed by atoms with Gasteiger partial charge in [-0.05, 0) is 20.9 Å². The molecular weight excluding hydrogens is 112 g/mol. The van der Waals surface area contributed by atoms with Crippen LogP contribution in [0.2, 0.25) is 0 Å². The predicted molar refractivity (Wildman–Crippen MR) is 39.6 cm³/mol. The molecule has 2 atom stereocenters. The van der Waals surface area contributed by atoms with Crippen LogP contribution in [0.5, 0.6) is 0 Å². The lowest BCUT2D eigenvalue weighted by molar-refractivity contribution is 0.208. The van der Waals surface area contributed by atoms with Gasteiger partial charge in [-0.3, -0.25) is 0 Å². The van der Waals surface area contributed by atoms with Crippen LogP contribution in [0.25, 0.3) is 0 Å². The highest BCUT2D eigenvalue weighted by atomic mass is 15.2. The number of likely N-dealkylation sites (N-methyl/N-ethyl adjacent to an activating group) is 1. The van der Waals surface area contributed by atoms with Crippen molar-refractivity contribution >= 4 is 0 Å². The van der Waals surface area contributed by atoms with E-state index >= 15 is 0 Å². The second kappa shape index (κ2) is 2.67. The maximum absolute atomic E-state index is 3.47. The van der Waals surface area contributed by atoms with E-state index in [0.717, 1.165) is 0 Å². The molecule has 0 bridgehead atoms. The normalized spacial score (nSPS) is 39.0. The van der Waals surface area contributed by atoms with Crippen molar-refractivity contribution in [3.63, 3.8) is 0 Å². The molecule has 1 aliphatic rings. The fourth-order valence-corrected chi connectivity index (χ4v) is 1.60. The second-order valence-electron chi connectivity index (χ2n) is 3.19. The van der Waals surface area contributed by atoms with E-state index in [1.54, 1.807) is 0 Å². The highest BCUT2D eigenvalue weighted by Gasteiger charge is 2.16. The van der Waals surface area contributed by atoms with Crippen molar-refractivity contribution in [2.75, 3.05) is 20.1 Å². The Morgan fingerprint density at radius 3 is 2.00 bits per heavy atom. The first-order valence-electron chi connectivity index (χ1n) is 3.63. The van der Waals surface area contributed by atoms with E-state index < -0.39 is 0 Å². The van der Waals surface area contributed by atoms with Crippen molar-refractivity contribution in [1.29, 1.82) is 0 Å². The first-order valence-corrected chi connectivity index (χ1v) is 3.63. The zero-order valence-corrected chi connectivity index (χ0v) is 6.52. The summed E-state index contributed by atoms with van der Waals surface area (Å²) in [4.78, 5) is 2.37. The van der Waals surface area contributed by atoms with Crippen LogP contribution in [-0.4, -0.2) is 37.1 Å². The average molecular weight is 128 g/mol. The Kier molecular flexibility index (Phi) is 2.09. The van der Waals surface area contributed by atoms with E-state index in [1.165, 1.54) is 13.1 Å². The van der Waals surface area contributed by atoms with Gasteiger partial charge in [0.2, 0.25) is 0 Å². The van der Waals surface area contributed by atoms with E-state index in [0.29, 0.717) is 12.1 Å². The fraction of sp³-hybridized carbons (Fsp3) is 1.00. The van der Waals surface area contributed by atoms with Crippen molar-refractivity contribution in [3.8, 4) is 0 Å². The van der Waals surface area contributed by atoms with Crippen molar-refractivity contribution in [1.82, 2.24) is 10.2 Å². The molecule has 0 unspecified atom stereocenters. The number of hydrogen-bond donors (Lipinski definition) is 1. The Balaban J connectivity index is 2.34. The second-order valence-corrected chi connectivity index (χ2v) is 3.19. The Bertz CT molecular complexity index is 67.9. The molecule has 1 fully saturated rings. The molecule has 0 aromatic carbocycles. The van der Waals surface area contributed by atoms with E-state index in [2.05, 4.69) is 31.1 Å². The summed E-state index contributed by atoms with van der Waals surface area (Å²) in [5.74, 6) is 0. The summed E-state index contributed by atoms with van der Waals surface area (Å²) in [5.41, 5.74) is 0. The number of rotatable bonds is 0. The van der Waals surface area contributed by atoms with Crippen LogP contribution in [0.3, 0.4) is 0 Å². The van der Waals surface area contributed by atoms with Gasteiger partial charge >= 0.3 is 0 Å². The average Bonchev–Trinajstić information content (AvgIpc) is 1.59. The van der Waals surface area contributed by atoms with E-state index in [9.17, 15) is 0 Å². The predicted octanol–water partition coefficient (Wildman–Crippen LogP) is 0.298. The Labute approximate surface area is 57.2 Å². The van der Waals surface area contributed by atoms with Gasteiger partial charge in [0.1, 0.15) is 0 Å². The molecule has 54 valence electrons. The van der Waals surface area contributed by atoms with Crippen LogP contribution < -0.4 is 5.32 Å². The summed E-state index contributed by atoms with van der Waals surface area (Å²) in [6.07, 6.45) is 0. The summed E-state index contributed by atoms with van der Waals surface area (Å²) in [7, 11) is 2.17. The molecule has 0 radical (unpaired) electrons. The van der Waals surface area contributed by atoms with Crippen LogP contribution in [0.15, 0.2) is 0 Å². The smallest absolute Gasteiger partial charge is 0.0169 e. The number of nitrogens with one attached hydrogen (secondary N) is 1. The van der Waals surface area contributed by atoms with E-state index in [-0.39, 0.29) is 0 Å². The maximum atomic E-state index is 3.47. The zero-order valence-electron chi connectivity index (χ0n) is 6.52. The third-order valence-corrected chi connectivity index (χ3v) is 1.74. The van der Waals surface area contributed by atoms with Crippen molar-refractivity contribution in [2.45, 2.75) is 25.9 Å². The largest absolute Gasteiger partial charge is 0.309 e. The van der Waals surface area contributed by atoms with Crippen LogP contribution in [0.4, 0.5) is 0 Å². The summed E-state index contributed by atoms with van der Waals surface area (Å²) in [6, 6.07) is 1.33. The molecule has 1 saturated heterocycles. The SMILES string of the molecule is C[C@H]1CN(C)C[C@H](C)N1. The minimum atomic E-state index is 0.666. The van der Waals surface area contributed by atoms with Gasteiger partial charge in [-0.25, -0.2) is 0 Å². The first-order chi connectivity index (χ1) is 4.18. The third-order valence-electron chi connectivity index (χ3n) is 1.74. The van der Waals surface area contributed by atoms with Crippen LogP contribution in [0.1, 0.15) is 13.8 Å². The summed E-state index contributed by atoms with van der Waals surface area (Å²) in [5, 5.41) is 3.47. The van der Waals surface area contributed by atoms with Crippen LogP contribution in [-0.2, 0) is 0 Å². The van der Waals surface area contributed by atoms with Gasteiger partial charge < -0.3 is 10.2 Å². The molecule has 0 saturated carbocycles. The molecule has 0 aromatic heterocycles. The number of nitrogens with zero attached hydrogens (tertiary/aromatic N) is 1. The molecule has 1 aliphatic heterocycles. The molecule has 1 N–H and O–H groups in total. The standard InChI is InChI=1S/C7H16N2/c1-6-4-9(3)5-7(2)8-6/h6-8H,4-5H2,1-3H3/t6-,7-/m0/s1. The lowest BCUT2D eigenvalue weighted by atomic mass is 10.2. The highest BCUT2D eigenvalue weighted by molar-refractivity contribution is 4.78. The van der Waals surface area contributed by atoms with Crippen molar-refractivity contribution < 1.29 is 0 Å². The Morgan fingerprint density at radius 2 is 1.67 bits per heavy atom. The lowest BCUT2D eigenvalue weighted by Crippen LogP contribution is -2.52. The lowest BCUT2D eigenvalue weighted by Gasteiger charge is -2.33. The maximum Gasteiger partial charge on any atom is 0.0169 e. The molecular formula is C7H16N2. The third kappa shape index (κ3) is 1.95. The van der Waals surface area contributed by atoms with E-state index in [1.807, 2.05) is 0 Å². The van der Waals surface area contributed by atoms with Gasteiger partial charge in [0.05, 0.1) is 0 Å². The van der Waals surface area contributed by atoms with Crippen molar-refractivity contribution in [3.05, 3.63) is 0 Å². The highest BCUT2D eigenvalue weighted by Crippen LogP contribution is 1.99. The summed E-state index contributed by atoms with van der Waals surface area (Å²) < 4.78 is 0. The van der Waals surface area contributed by atoms with Gasteiger partial charge in [0.25, 0.3) is 0 Å². The van der Waals surface area contributed by atoms with Gasteiger partial charge in [0.15, 0.2) is 0 Å². The molecule has 9 heavy (non-hydrogen) atoms. The van der Waals surface area contributed by atoms with E-state index in [4.69, 9.17) is 0 Å². The first kappa shape index (κ1) is 7.03. The minimum absolute atomic E-state index is 0.666. The fourth-order valence-electron chi connectivity index (χ4n) is 1.60. The van der Waals surface area contributed by atoms with Crippen LogP contribution >= 0.6 is 0 Å². The molecule has 0 aromatic rings. The molecule has 0 amide bonds. The molecule has 1 rings (SSSR count). The van der Waals surface area contributed by atoms with Crippen LogP contribution in [0, 0.1) is 0 Å². The van der Waals surface area contributed by atoms with Gasteiger partial charge in [-0.1, -0.05) is 0 Å². The number of piperazine rings is 1. The zero-order chi connectivity index (χ0) is 6.85.